The number of fused-ring (bicyclic) bond motifs is 2. The van der Waals surface area contributed by atoms with E-state index in [1.54, 1.807) is 29.4 Å². The number of aryl methyl sites for hydroxylation is 1. The first-order valence-electron chi connectivity index (χ1n) is 8.76. The quantitative estimate of drug-likeness (QED) is 0.314. The molecule has 0 aliphatic carbocycles. The van der Waals surface area contributed by atoms with Gasteiger partial charge in [0, 0.05) is 15.3 Å². The van der Waals surface area contributed by atoms with Crippen LogP contribution in [0.5, 0.6) is 0 Å². The van der Waals surface area contributed by atoms with Gasteiger partial charge in [-0.1, -0.05) is 72.4 Å². The Bertz CT molecular complexity index is 1260. The molecular formula is C23H16N2S2. The van der Waals surface area contributed by atoms with Crippen LogP contribution in [0.15, 0.2) is 89.0 Å². The van der Waals surface area contributed by atoms with Crippen LogP contribution in [0.2, 0.25) is 0 Å². The zero-order chi connectivity index (χ0) is 18.2. The SMILES string of the molecule is Cc1sc2ncnc(Sc3ccc4ccccc4c3)c2c1-c1ccccc1. The first-order valence-corrected chi connectivity index (χ1v) is 10.4. The van der Waals surface area contributed by atoms with Gasteiger partial charge in [0.05, 0.1) is 5.39 Å². The average molecular weight is 385 g/mol. The standard InChI is InChI=1S/C23H16N2S2/c1-15-20(17-8-3-2-4-9-17)21-22(26-15)24-14-25-23(21)27-19-12-11-16-7-5-6-10-18(16)13-19/h2-14H,1H3. The number of rotatable bonds is 3. The topological polar surface area (TPSA) is 25.8 Å². The van der Waals surface area contributed by atoms with Crippen LogP contribution < -0.4 is 0 Å². The second-order valence-electron chi connectivity index (χ2n) is 6.37. The van der Waals surface area contributed by atoms with E-state index in [1.807, 2.05) is 0 Å². The molecule has 0 amide bonds. The molecule has 0 bridgehead atoms. The van der Waals surface area contributed by atoms with E-state index >= 15 is 0 Å². The van der Waals surface area contributed by atoms with Crippen molar-refractivity contribution < 1.29 is 0 Å². The van der Waals surface area contributed by atoms with Crippen LogP contribution in [-0.2, 0) is 0 Å². The fraction of sp³-hybridized carbons (Fsp3) is 0.0435. The third-order valence-electron chi connectivity index (χ3n) is 4.63. The molecule has 5 aromatic rings. The van der Waals surface area contributed by atoms with Crippen molar-refractivity contribution in [1.29, 1.82) is 0 Å². The molecule has 0 N–H and O–H groups in total. The molecule has 3 aromatic carbocycles. The Morgan fingerprint density at radius 3 is 2.44 bits per heavy atom. The molecule has 0 saturated heterocycles. The van der Waals surface area contributed by atoms with Crippen LogP contribution in [0.4, 0.5) is 0 Å². The molecule has 0 fully saturated rings. The Morgan fingerprint density at radius 1 is 0.815 bits per heavy atom. The Morgan fingerprint density at radius 2 is 1.59 bits per heavy atom. The lowest BCUT2D eigenvalue weighted by Crippen LogP contribution is -1.86. The third-order valence-corrected chi connectivity index (χ3v) is 6.63. The minimum Gasteiger partial charge on any atom is -0.229 e. The Kier molecular flexibility index (Phi) is 4.15. The summed E-state index contributed by atoms with van der Waals surface area (Å²) in [4.78, 5) is 12.7. The minimum absolute atomic E-state index is 1.01. The summed E-state index contributed by atoms with van der Waals surface area (Å²) in [5.41, 5.74) is 2.47. The van der Waals surface area contributed by atoms with E-state index < -0.39 is 0 Å². The number of benzene rings is 3. The molecular weight excluding hydrogens is 368 g/mol. The molecule has 4 heteroatoms. The van der Waals surface area contributed by atoms with Gasteiger partial charge in [-0.2, -0.15) is 0 Å². The van der Waals surface area contributed by atoms with Crippen molar-refractivity contribution in [2.75, 3.05) is 0 Å². The smallest absolute Gasteiger partial charge is 0.128 e. The molecule has 2 aromatic heterocycles. The lowest BCUT2D eigenvalue weighted by atomic mass is 10.0. The van der Waals surface area contributed by atoms with Crippen molar-refractivity contribution >= 4 is 44.1 Å². The zero-order valence-electron chi connectivity index (χ0n) is 14.7. The van der Waals surface area contributed by atoms with Gasteiger partial charge in [-0.05, 0) is 35.4 Å². The van der Waals surface area contributed by atoms with Gasteiger partial charge in [0.15, 0.2) is 0 Å². The normalized spacial score (nSPS) is 11.3. The highest BCUT2D eigenvalue weighted by molar-refractivity contribution is 7.99. The lowest BCUT2D eigenvalue weighted by Gasteiger charge is -2.07. The van der Waals surface area contributed by atoms with Gasteiger partial charge in [0.2, 0.25) is 0 Å². The van der Waals surface area contributed by atoms with Gasteiger partial charge in [0.1, 0.15) is 16.2 Å². The summed E-state index contributed by atoms with van der Waals surface area (Å²) in [6.45, 7) is 2.17. The fourth-order valence-electron chi connectivity index (χ4n) is 3.39. The summed E-state index contributed by atoms with van der Waals surface area (Å²) in [7, 11) is 0. The van der Waals surface area contributed by atoms with Gasteiger partial charge < -0.3 is 0 Å². The van der Waals surface area contributed by atoms with Gasteiger partial charge >= 0.3 is 0 Å². The van der Waals surface area contributed by atoms with Gasteiger partial charge in [-0.3, -0.25) is 0 Å². The second kappa shape index (κ2) is 6.80. The van der Waals surface area contributed by atoms with Crippen LogP contribution in [0.3, 0.4) is 0 Å². The van der Waals surface area contributed by atoms with Crippen molar-refractivity contribution in [2.45, 2.75) is 16.8 Å². The zero-order valence-corrected chi connectivity index (χ0v) is 16.3. The monoisotopic (exact) mass is 384 g/mol. The average Bonchev–Trinajstić information content (AvgIpc) is 3.05. The molecule has 0 saturated carbocycles. The number of thiophene rings is 1. The Hall–Kier alpha value is -2.69. The molecule has 0 unspecified atom stereocenters. The molecule has 130 valence electrons. The summed E-state index contributed by atoms with van der Waals surface area (Å²) in [6.07, 6.45) is 1.68. The predicted octanol–water partition coefficient (Wildman–Crippen LogP) is 6.97. The van der Waals surface area contributed by atoms with Gasteiger partial charge in [0.25, 0.3) is 0 Å². The van der Waals surface area contributed by atoms with Crippen LogP contribution >= 0.6 is 23.1 Å². The number of nitrogens with zero attached hydrogens (tertiary/aromatic N) is 2. The molecule has 0 atom stereocenters. The van der Waals surface area contributed by atoms with E-state index in [0.717, 1.165) is 15.2 Å². The van der Waals surface area contributed by atoms with Crippen molar-refractivity contribution in [2.24, 2.45) is 0 Å². The van der Waals surface area contributed by atoms with Crippen molar-refractivity contribution in [3.63, 3.8) is 0 Å². The third kappa shape index (κ3) is 3.01. The highest BCUT2D eigenvalue weighted by Crippen LogP contribution is 2.43. The maximum Gasteiger partial charge on any atom is 0.128 e. The number of aromatic nitrogens is 2. The highest BCUT2D eigenvalue weighted by atomic mass is 32.2. The van der Waals surface area contributed by atoms with E-state index in [9.17, 15) is 0 Å². The summed E-state index contributed by atoms with van der Waals surface area (Å²) >= 11 is 3.45. The maximum absolute atomic E-state index is 4.64. The molecule has 2 nitrogen and oxygen atoms in total. The number of hydrogen-bond donors (Lipinski definition) is 0. The minimum atomic E-state index is 1.01. The molecule has 2 heterocycles. The van der Waals surface area contributed by atoms with E-state index in [-0.39, 0.29) is 0 Å². The molecule has 0 radical (unpaired) electrons. The molecule has 0 aliphatic rings. The maximum atomic E-state index is 4.64. The first kappa shape index (κ1) is 16.5. The first-order chi connectivity index (χ1) is 13.3. The van der Waals surface area contributed by atoms with Crippen molar-refractivity contribution in [1.82, 2.24) is 9.97 Å². The van der Waals surface area contributed by atoms with Gasteiger partial charge in [-0.15, -0.1) is 11.3 Å². The Balaban J connectivity index is 1.66. The largest absolute Gasteiger partial charge is 0.229 e. The summed E-state index contributed by atoms with van der Waals surface area (Å²) in [6, 6.07) is 25.5. The van der Waals surface area contributed by atoms with Crippen LogP contribution in [0.25, 0.3) is 32.1 Å². The van der Waals surface area contributed by atoms with Crippen LogP contribution in [-0.4, -0.2) is 9.97 Å². The Labute approximate surface area is 165 Å². The van der Waals surface area contributed by atoms with E-state index in [1.165, 1.54) is 31.7 Å². The van der Waals surface area contributed by atoms with Crippen molar-refractivity contribution in [3.8, 4) is 11.1 Å². The number of hydrogen-bond acceptors (Lipinski definition) is 4. The summed E-state index contributed by atoms with van der Waals surface area (Å²) < 4.78 is 0. The molecule has 0 spiro atoms. The van der Waals surface area contributed by atoms with Crippen LogP contribution in [0.1, 0.15) is 4.88 Å². The summed E-state index contributed by atoms with van der Waals surface area (Å²) in [5, 5.41) is 4.67. The molecule has 0 aliphatic heterocycles. The second-order valence-corrected chi connectivity index (χ2v) is 8.63. The van der Waals surface area contributed by atoms with E-state index in [0.29, 0.717) is 0 Å². The fourth-order valence-corrected chi connectivity index (χ4v) is 5.41. The van der Waals surface area contributed by atoms with Crippen molar-refractivity contribution in [3.05, 3.63) is 84.0 Å². The van der Waals surface area contributed by atoms with Crippen LogP contribution in [0, 0.1) is 6.92 Å². The summed E-state index contributed by atoms with van der Waals surface area (Å²) in [5.74, 6) is 0. The highest BCUT2D eigenvalue weighted by Gasteiger charge is 2.17. The molecule has 27 heavy (non-hydrogen) atoms. The van der Waals surface area contributed by atoms with E-state index in [2.05, 4.69) is 89.7 Å². The lowest BCUT2D eigenvalue weighted by molar-refractivity contribution is 1.11. The van der Waals surface area contributed by atoms with E-state index in [4.69, 9.17) is 0 Å². The predicted molar refractivity (Wildman–Crippen MR) is 116 cm³/mol. The molecule has 5 rings (SSSR count). The van der Waals surface area contributed by atoms with Gasteiger partial charge in [-0.25, -0.2) is 9.97 Å².